The second kappa shape index (κ2) is 11.6. The first kappa shape index (κ1) is 25.1. The number of carbonyl (C=O) groups excluding carboxylic acids is 1. The number of amidine groups is 1. The van der Waals surface area contributed by atoms with Crippen LogP contribution in [0.1, 0.15) is 37.3 Å². The maximum Gasteiger partial charge on any atom is 0.266 e. The molecule has 0 spiro atoms. The van der Waals surface area contributed by atoms with Gasteiger partial charge in [-0.05, 0) is 92.1 Å². The Labute approximate surface area is 221 Å². The van der Waals surface area contributed by atoms with Crippen LogP contribution in [0.4, 0.5) is 15.8 Å². The van der Waals surface area contributed by atoms with Crippen LogP contribution in [0.2, 0.25) is 0 Å². The molecule has 2 heterocycles. The zero-order valence-corrected chi connectivity index (χ0v) is 21.7. The van der Waals surface area contributed by atoms with Crippen LogP contribution in [0, 0.1) is 5.82 Å². The largest absolute Gasteiger partial charge is 0.488 e. The zero-order valence-electron chi connectivity index (χ0n) is 20.9. The molecule has 0 bridgehead atoms. The van der Waals surface area contributed by atoms with Gasteiger partial charge in [0.05, 0.1) is 10.6 Å². The molecule has 3 aromatic carbocycles. The van der Waals surface area contributed by atoms with Gasteiger partial charge in [-0.15, -0.1) is 0 Å². The van der Waals surface area contributed by atoms with Crippen molar-refractivity contribution in [2.75, 3.05) is 24.5 Å². The number of piperidine rings is 1. The number of hydrogen-bond acceptors (Lipinski definition) is 5. The first-order valence-corrected chi connectivity index (χ1v) is 13.5. The third-order valence-electron chi connectivity index (χ3n) is 6.49. The van der Waals surface area contributed by atoms with E-state index in [1.54, 1.807) is 11.0 Å². The second-order valence-electron chi connectivity index (χ2n) is 9.07. The fourth-order valence-electron chi connectivity index (χ4n) is 4.53. The molecule has 2 aliphatic rings. The van der Waals surface area contributed by atoms with Crippen LogP contribution >= 0.6 is 11.8 Å². The van der Waals surface area contributed by atoms with E-state index in [2.05, 4.69) is 17.0 Å². The molecule has 2 aliphatic heterocycles. The van der Waals surface area contributed by atoms with E-state index < -0.39 is 0 Å². The van der Waals surface area contributed by atoms with Gasteiger partial charge in [-0.1, -0.05) is 30.3 Å². The van der Waals surface area contributed by atoms with Crippen molar-refractivity contribution in [1.29, 1.82) is 0 Å². The van der Waals surface area contributed by atoms with Gasteiger partial charge in [-0.25, -0.2) is 9.38 Å². The van der Waals surface area contributed by atoms with E-state index in [0.717, 1.165) is 29.9 Å². The maximum atomic E-state index is 13.5. The molecule has 0 aromatic heterocycles. The highest BCUT2D eigenvalue weighted by Gasteiger charge is 2.32. The summed E-state index contributed by atoms with van der Waals surface area (Å²) in [6, 6.07) is 22.2. The molecule has 190 valence electrons. The summed E-state index contributed by atoms with van der Waals surface area (Å²) in [6.45, 7) is 4.92. The fraction of sp³-hybridized carbons (Fsp3) is 0.267. The Balaban J connectivity index is 1.34. The standard InChI is InChI=1S/C30H30FN3O2S/c1-2-34-29(35)28(20-23-10-4-5-12-27(23)36-21-22-9-8-11-24(31)19-22)37-30(34)32-25-13-15-26(16-14-25)33-17-6-3-7-18-33/h4-5,8-16,19-20H,2-3,6-7,17-18,21H2,1H3/b28-20-,32-30?. The number of nitrogens with zero attached hydrogens (tertiary/aromatic N) is 3. The lowest BCUT2D eigenvalue weighted by Crippen LogP contribution is -2.29. The van der Waals surface area contributed by atoms with E-state index in [4.69, 9.17) is 9.73 Å². The van der Waals surface area contributed by atoms with Crippen LogP contribution in [0.5, 0.6) is 5.75 Å². The van der Waals surface area contributed by atoms with Crippen molar-refractivity contribution >= 4 is 40.3 Å². The summed E-state index contributed by atoms with van der Waals surface area (Å²) in [7, 11) is 0. The first-order chi connectivity index (χ1) is 18.1. The molecular weight excluding hydrogens is 485 g/mol. The average molecular weight is 516 g/mol. The molecule has 0 atom stereocenters. The van der Waals surface area contributed by atoms with Crippen LogP contribution in [0.25, 0.3) is 6.08 Å². The predicted molar refractivity (Wildman–Crippen MR) is 150 cm³/mol. The number of rotatable bonds is 7. The lowest BCUT2D eigenvalue weighted by Gasteiger charge is -2.28. The molecule has 5 nitrogen and oxygen atoms in total. The number of aliphatic imine (C=N–C) groups is 1. The van der Waals surface area contributed by atoms with Crippen LogP contribution in [-0.2, 0) is 11.4 Å². The number of carbonyl (C=O) groups is 1. The lowest BCUT2D eigenvalue weighted by molar-refractivity contribution is -0.122. The van der Waals surface area contributed by atoms with Crippen LogP contribution in [-0.4, -0.2) is 35.6 Å². The maximum absolute atomic E-state index is 13.5. The summed E-state index contributed by atoms with van der Waals surface area (Å²) in [5.41, 5.74) is 3.58. The number of amides is 1. The normalized spacial score (nSPS) is 18.2. The molecular formula is C30H30FN3O2S. The smallest absolute Gasteiger partial charge is 0.266 e. The molecule has 0 radical (unpaired) electrons. The minimum absolute atomic E-state index is 0.0730. The van der Waals surface area contributed by atoms with Crippen molar-refractivity contribution in [3.63, 3.8) is 0 Å². The van der Waals surface area contributed by atoms with Gasteiger partial charge >= 0.3 is 0 Å². The lowest BCUT2D eigenvalue weighted by atomic mass is 10.1. The summed E-state index contributed by atoms with van der Waals surface area (Å²) in [5.74, 6) is 0.266. The minimum Gasteiger partial charge on any atom is -0.488 e. The summed E-state index contributed by atoms with van der Waals surface area (Å²) in [4.78, 5) is 22.7. The van der Waals surface area contributed by atoms with Crippen molar-refractivity contribution in [1.82, 2.24) is 4.90 Å². The Morgan fingerprint density at radius 1 is 1.00 bits per heavy atom. The molecule has 2 saturated heterocycles. The molecule has 0 unspecified atom stereocenters. The van der Waals surface area contributed by atoms with E-state index >= 15 is 0 Å². The van der Waals surface area contributed by atoms with Gasteiger partial charge in [0, 0.05) is 30.9 Å². The number of benzene rings is 3. The Hall–Kier alpha value is -3.58. The fourth-order valence-corrected chi connectivity index (χ4v) is 5.58. The monoisotopic (exact) mass is 515 g/mol. The van der Waals surface area contributed by atoms with E-state index in [-0.39, 0.29) is 18.3 Å². The van der Waals surface area contributed by atoms with Crippen molar-refractivity contribution in [3.05, 3.63) is 94.6 Å². The Morgan fingerprint density at radius 3 is 2.54 bits per heavy atom. The van der Waals surface area contributed by atoms with Crippen LogP contribution < -0.4 is 9.64 Å². The summed E-state index contributed by atoms with van der Waals surface area (Å²) in [6.07, 6.45) is 5.63. The highest BCUT2D eigenvalue weighted by Crippen LogP contribution is 2.36. The van der Waals surface area contributed by atoms with Gasteiger partial charge in [0.2, 0.25) is 0 Å². The van der Waals surface area contributed by atoms with E-state index in [1.807, 2.05) is 55.5 Å². The molecule has 1 amide bonds. The number of ether oxygens (including phenoxy) is 1. The Kier molecular flexibility index (Phi) is 7.90. The molecule has 0 aliphatic carbocycles. The SMILES string of the molecule is CCN1C(=O)/C(=C/c2ccccc2OCc2cccc(F)c2)SC1=Nc1ccc(N2CCCCC2)cc1. The van der Waals surface area contributed by atoms with Gasteiger partial charge in [-0.3, -0.25) is 9.69 Å². The molecule has 3 aromatic rings. The third-order valence-corrected chi connectivity index (χ3v) is 7.50. The number of halogens is 1. The van der Waals surface area contributed by atoms with E-state index in [0.29, 0.717) is 22.4 Å². The van der Waals surface area contributed by atoms with E-state index in [1.165, 1.54) is 48.8 Å². The van der Waals surface area contributed by atoms with Crippen LogP contribution in [0.3, 0.4) is 0 Å². The summed E-state index contributed by atoms with van der Waals surface area (Å²) in [5, 5.41) is 0.669. The quantitative estimate of drug-likeness (QED) is 0.317. The van der Waals surface area contributed by atoms with Crippen molar-refractivity contribution in [2.24, 2.45) is 4.99 Å². The van der Waals surface area contributed by atoms with Gasteiger partial charge in [-0.2, -0.15) is 0 Å². The summed E-state index contributed by atoms with van der Waals surface area (Å²) < 4.78 is 19.5. The number of para-hydroxylation sites is 1. The number of hydrogen-bond donors (Lipinski definition) is 0. The summed E-state index contributed by atoms with van der Waals surface area (Å²) >= 11 is 1.37. The van der Waals surface area contributed by atoms with Crippen molar-refractivity contribution < 1.29 is 13.9 Å². The first-order valence-electron chi connectivity index (χ1n) is 12.7. The highest BCUT2D eigenvalue weighted by atomic mass is 32.2. The van der Waals surface area contributed by atoms with Gasteiger partial charge in [0.15, 0.2) is 5.17 Å². The van der Waals surface area contributed by atoms with Crippen molar-refractivity contribution in [3.8, 4) is 5.75 Å². The van der Waals surface area contributed by atoms with Gasteiger partial charge in [0.25, 0.3) is 5.91 Å². The minimum atomic E-state index is -0.294. The molecule has 0 N–H and O–H groups in total. The van der Waals surface area contributed by atoms with Gasteiger partial charge < -0.3 is 9.64 Å². The average Bonchev–Trinajstić information content (AvgIpc) is 3.22. The number of anilines is 1. The van der Waals surface area contributed by atoms with Gasteiger partial charge in [0.1, 0.15) is 18.2 Å². The topological polar surface area (TPSA) is 45.1 Å². The zero-order chi connectivity index (χ0) is 25.6. The molecule has 37 heavy (non-hydrogen) atoms. The molecule has 5 rings (SSSR count). The Morgan fingerprint density at radius 2 is 1.78 bits per heavy atom. The van der Waals surface area contributed by atoms with Crippen LogP contribution in [0.15, 0.2) is 82.7 Å². The predicted octanol–water partition coefficient (Wildman–Crippen LogP) is 7.02. The Bertz CT molecular complexity index is 1320. The number of thioether (sulfide) groups is 1. The highest BCUT2D eigenvalue weighted by molar-refractivity contribution is 8.18. The number of likely N-dealkylation sites (N-methyl/N-ethyl adjacent to an activating group) is 1. The molecule has 2 fully saturated rings. The van der Waals surface area contributed by atoms with Crippen molar-refractivity contribution in [2.45, 2.75) is 32.8 Å². The molecule has 0 saturated carbocycles. The molecule has 7 heteroatoms. The third kappa shape index (κ3) is 6.05. The van der Waals surface area contributed by atoms with E-state index in [9.17, 15) is 9.18 Å². The second-order valence-corrected chi connectivity index (χ2v) is 10.1.